The van der Waals surface area contributed by atoms with E-state index in [9.17, 15) is 9.59 Å². The van der Waals surface area contributed by atoms with Crippen molar-refractivity contribution >= 4 is 18.9 Å². The van der Waals surface area contributed by atoms with Crippen LogP contribution in [0.2, 0.25) is 0 Å². The normalized spacial score (nSPS) is 9.20. The summed E-state index contributed by atoms with van der Waals surface area (Å²) >= 11 is 0. The number of unbranched alkanes of at least 4 members (excludes halogenated alkanes) is 3. The molecular weight excluding hydrogens is 520 g/mol. The third-order valence-corrected chi connectivity index (χ3v) is 5.43. The lowest BCUT2D eigenvalue weighted by Gasteiger charge is -2.06. The van der Waals surface area contributed by atoms with Gasteiger partial charge in [0.1, 0.15) is 36.1 Å². The largest absolute Gasteiger partial charge is 0.497 e. The van der Waals surface area contributed by atoms with Crippen LogP contribution in [-0.2, 0) is 9.53 Å². The summed E-state index contributed by atoms with van der Waals surface area (Å²) in [5, 5.41) is 0. The first-order valence-corrected chi connectivity index (χ1v) is 13.3. The molecule has 222 valence electrons. The molecule has 3 aromatic rings. The highest BCUT2D eigenvalue weighted by atomic mass is 16.5. The summed E-state index contributed by atoms with van der Waals surface area (Å²) in [5.41, 5.74) is 3.82. The van der Waals surface area contributed by atoms with E-state index in [0.717, 1.165) is 62.3 Å². The van der Waals surface area contributed by atoms with Gasteiger partial charge in [0.05, 0.1) is 20.8 Å². The molecule has 3 rings (SSSR count). The quantitative estimate of drug-likeness (QED) is 0.122. The SMILES string of the molecule is C=CC=O.COCCCCCCOc1ccc(C=O)cc1.COc1ccc(C)cc1C.COc1ccc(C=O)cc1. The highest BCUT2D eigenvalue weighted by molar-refractivity contribution is 5.75. The maximum Gasteiger partial charge on any atom is 0.150 e. The van der Waals surface area contributed by atoms with Crippen molar-refractivity contribution in [3.8, 4) is 17.2 Å². The van der Waals surface area contributed by atoms with E-state index in [2.05, 4.69) is 19.6 Å². The molecular formula is C34H44O7. The van der Waals surface area contributed by atoms with Crippen molar-refractivity contribution in [1.29, 1.82) is 0 Å². The minimum Gasteiger partial charge on any atom is -0.497 e. The molecule has 41 heavy (non-hydrogen) atoms. The van der Waals surface area contributed by atoms with Gasteiger partial charge in [0, 0.05) is 24.8 Å². The molecule has 0 atom stereocenters. The standard InChI is InChI=1S/C14H20O3.C9H12O.C8H8O2.C3H4O/c1-16-10-4-2-3-5-11-17-14-8-6-13(12-15)7-9-14;1-7-4-5-9(10-3)8(2)6-7;1-10-8-4-2-7(6-9)3-5-8;1-2-3-4/h6-9,12H,2-5,10-11H2,1H3;4-6H,1-3H3;2-6H,1H3;2-3H,1H2. The van der Waals surface area contributed by atoms with Crippen LogP contribution in [0.1, 0.15) is 57.5 Å². The molecule has 7 nitrogen and oxygen atoms in total. The van der Waals surface area contributed by atoms with Gasteiger partial charge < -0.3 is 18.9 Å². The second-order valence-corrected chi connectivity index (χ2v) is 8.68. The van der Waals surface area contributed by atoms with E-state index >= 15 is 0 Å². The third-order valence-electron chi connectivity index (χ3n) is 5.43. The van der Waals surface area contributed by atoms with Gasteiger partial charge in [-0.1, -0.05) is 30.7 Å². The molecule has 0 N–H and O–H groups in total. The van der Waals surface area contributed by atoms with E-state index in [-0.39, 0.29) is 0 Å². The molecule has 0 radical (unpaired) electrons. The van der Waals surface area contributed by atoms with Crippen molar-refractivity contribution in [2.24, 2.45) is 0 Å². The van der Waals surface area contributed by atoms with Gasteiger partial charge in [-0.15, -0.1) is 0 Å². The van der Waals surface area contributed by atoms with E-state index in [1.807, 2.05) is 31.2 Å². The van der Waals surface area contributed by atoms with Crippen molar-refractivity contribution in [1.82, 2.24) is 0 Å². The fraction of sp³-hybridized carbons (Fsp3) is 0.324. The smallest absolute Gasteiger partial charge is 0.150 e. The summed E-state index contributed by atoms with van der Waals surface area (Å²) in [6.07, 6.45) is 7.99. The lowest BCUT2D eigenvalue weighted by atomic mass is 10.1. The minimum absolute atomic E-state index is 0.639. The molecule has 0 unspecified atom stereocenters. The molecule has 0 heterocycles. The maximum atomic E-state index is 10.5. The first-order chi connectivity index (χ1) is 19.9. The number of hydrogen-bond donors (Lipinski definition) is 0. The fourth-order valence-corrected chi connectivity index (χ4v) is 3.25. The predicted molar refractivity (Wildman–Crippen MR) is 165 cm³/mol. The molecule has 0 aliphatic rings. The van der Waals surface area contributed by atoms with Crippen molar-refractivity contribution in [2.75, 3.05) is 34.5 Å². The fourth-order valence-electron chi connectivity index (χ4n) is 3.25. The van der Waals surface area contributed by atoms with Crippen LogP contribution in [0, 0.1) is 13.8 Å². The number of carbonyl (C=O) groups excluding carboxylic acids is 3. The molecule has 0 aliphatic carbocycles. The topological polar surface area (TPSA) is 88.1 Å². The molecule has 0 spiro atoms. The molecule has 0 amide bonds. The average molecular weight is 565 g/mol. The summed E-state index contributed by atoms with van der Waals surface area (Å²) in [7, 11) is 5.01. The summed E-state index contributed by atoms with van der Waals surface area (Å²) in [5.74, 6) is 2.56. The number of carbonyl (C=O) groups is 3. The molecule has 0 aromatic heterocycles. The van der Waals surface area contributed by atoms with Crippen LogP contribution in [-0.4, -0.2) is 53.4 Å². The van der Waals surface area contributed by atoms with E-state index in [0.29, 0.717) is 17.4 Å². The molecule has 0 fully saturated rings. The van der Waals surface area contributed by atoms with E-state index < -0.39 is 0 Å². The minimum atomic E-state index is 0.639. The van der Waals surface area contributed by atoms with Crippen molar-refractivity contribution < 1.29 is 33.3 Å². The Bertz CT molecular complexity index is 1100. The number of hydrogen-bond acceptors (Lipinski definition) is 7. The molecule has 0 bridgehead atoms. The van der Waals surface area contributed by atoms with Gasteiger partial charge in [-0.2, -0.15) is 0 Å². The monoisotopic (exact) mass is 564 g/mol. The van der Waals surface area contributed by atoms with Crippen LogP contribution < -0.4 is 14.2 Å². The summed E-state index contributed by atoms with van der Waals surface area (Å²) < 4.78 is 20.5. The Morgan fingerprint density at radius 3 is 1.59 bits per heavy atom. The van der Waals surface area contributed by atoms with E-state index in [4.69, 9.17) is 23.7 Å². The van der Waals surface area contributed by atoms with Gasteiger partial charge in [0.2, 0.25) is 0 Å². The maximum absolute atomic E-state index is 10.5. The van der Waals surface area contributed by atoms with Crippen LogP contribution in [0.4, 0.5) is 0 Å². The molecule has 0 aliphatic heterocycles. The lowest BCUT2D eigenvalue weighted by molar-refractivity contribution is -0.104. The van der Waals surface area contributed by atoms with Gasteiger partial charge in [-0.05, 0) is 99.3 Å². The average Bonchev–Trinajstić information content (AvgIpc) is 3.01. The highest BCUT2D eigenvalue weighted by Gasteiger charge is 1.96. The zero-order valence-corrected chi connectivity index (χ0v) is 25.0. The van der Waals surface area contributed by atoms with Crippen LogP contribution >= 0.6 is 0 Å². The van der Waals surface area contributed by atoms with E-state index in [1.165, 1.54) is 23.6 Å². The molecule has 0 saturated carbocycles. The van der Waals surface area contributed by atoms with Crippen LogP contribution in [0.25, 0.3) is 0 Å². The number of methoxy groups -OCH3 is 3. The first kappa shape index (κ1) is 36.8. The Balaban J connectivity index is 0.000000574. The number of aldehydes is 3. The highest BCUT2D eigenvalue weighted by Crippen LogP contribution is 2.17. The number of ether oxygens (including phenoxy) is 4. The number of benzene rings is 3. The van der Waals surface area contributed by atoms with Gasteiger partial charge in [-0.3, -0.25) is 14.4 Å². The zero-order chi connectivity index (χ0) is 30.7. The number of allylic oxidation sites excluding steroid dienone is 1. The number of rotatable bonds is 13. The third kappa shape index (κ3) is 18.6. The Morgan fingerprint density at radius 2 is 1.17 bits per heavy atom. The predicted octanol–water partition coefficient (Wildman–Crippen LogP) is 7.28. The molecule has 3 aromatic carbocycles. The molecule has 7 heteroatoms. The second-order valence-electron chi connectivity index (χ2n) is 8.68. The van der Waals surface area contributed by atoms with Crippen LogP contribution in [0.3, 0.4) is 0 Å². The zero-order valence-electron chi connectivity index (χ0n) is 25.0. The molecule has 0 saturated heterocycles. The van der Waals surface area contributed by atoms with Gasteiger partial charge >= 0.3 is 0 Å². The van der Waals surface area contributed by atoms with Crippen molar-refractivity contribution in [3.63, 3.8) is 0 Å². The number of aryl methyl sites for hydroxylation is 2. The summed E-state index contributed by atoms with van der Waals surface area (Å²) in [4.78, 5) is 29.7. The Kier molecular flexibility index (Phi) is 22.2. The Hall–Kier alpha value is -4.23. The van der Waals surface area contributed by atoms with Gasteiger partial charge in [0.15, 0.2) is 0 Å². The Morgan fingerprint density at radius 1 is 0.659 bits per heavy atom. The van der Waals surface area contributed by atoms with Crippen LogP contribution in [0.15, 0.2) is 79.4 Å². The lowest BCUT2D eigenvalue weighted by Crippen LogP contribution is -1.98. The summed E-state index contributed by atoms with van der Waals surface area (Å²) in [6, 6.07) is 20.3. The van der Waals surface area contributed by atoms with Gasteiger partial charge in [0.25, 0.3) is 0 Å². The van der Waals surface area contributed by atoms with Crippen molar-refractivity contribution in [3.05, 3.63) is 102 Å². The van der Waals surface area contributed by atoms with Gasteiger partial charge in [-0.25, -0.2) is 0 Å². The van der Waals surface area contributed by atoms with Crippen molar-refractivity contribution in [2.45, 2.75) is 39.5 Å². The first-order valence-electron chi connectivity index (χ1n) is 13.3. The summed E-state index contributed by atoms with van der Waals surface area (Å²) in [6.45, 7) is 8.81. The van der Waals surface area contributed by atoms with Crippen LogP contribution in [0.5, 0.6) is 17.2 Å². The second kappa shape index (κ2) is 24.8. The Labute approximate surface area is 245 Å². The van der Waals surface area contributed by atoms with E-state index in [1.54, 1.807) is 57.7 Å².